The van der Waals surface area contributed by atoms with Crippen LogP contribution in [0.25, 0.3) is 33.5 Å². The average Bonchev–Trinajstić information content (AvgIpc) is 3.90. The molecular weight excluding hydrogens is 807 g/mol. The first kappa shape index (κ1) is 43.9. The van der Waals surface area contributed by atoms with Gasteiger partial charge in [-0.15, -0.1) is 20.4 Å². The van der Waals surface area contributed by atoms with Gasteiger partial charge in [-0.2, -0.15) is 5.10 Å². The lowest BCUT2D eigenvalue weighted by Crippen LogP contribution is -2.15. The predicted molar refractivity (Wildman–Crippen MR) is 243 cm³/mol. The molecule has 0 aliphatic heterocycles. The van der Waals surface area contributed by atoms with E-state index in [0.29, 0.717) is 61.2 Å². The van der Waals surface area contributed by atoms with E-state index in [2.05, 4.69) is 42.3 Å². The SMILES string of the molecule is CN=C(C)/C(CCOc1cc(F)ccc1-c1ccc2nnc(CN(C)C)n2c1)=C(\N)Cc1cc(-c2ccc3nnc(CN(C)C)n3c2)c(OCCc2c(C)nn(C)c2C)cc1Cl. The molecule has 0 aliphatic carbocycles. The van der Waals surface area contributed by atoms with E-state index >= 15 is 0 Å². The van der Waals surface area contributed by atoms with Crippen molar-refractivity contribution in [1.29, 1.82) is 0 Å². The quantitative estimate of drug-likeness (QED) is 0.0928. The lowest BCUT2D eigenvalue weighted by Gasteiger charge is -2.18. The number of hydrogen-bond acceptors (Lipinski definition) is 11. The maximum atomic E-state index is 14.8. The summed E-state index contributed by atoms with van der Waals surface area (Å²) in [6.07, 6.45) is 5.43. The predicted octanol–water partition coefficient (Wildman–Crippen LogP) is 7.31. The van der Waals surface area contributed by atoms with E-state index in [9.17, 15) is 4.39 Å². The molecule has 14 nitrogen and oxygen atoms in total. The van der Waals surface area contributed by atoms with Crippen LogP contribution in [-0.2, 0) is 33.0 Å². The molecule has 62 heavy (non-hydrogen) atoms. The minimum atomic E-state index is -0.401. The number of hydrogen-bond donors (Lipinski definition) is 1. The van der Waals surface area contributed by atoms with Crippen molar-refractivity contribution < 1.29 is 13.9 Å². The number of nitrogens with zero attached hydrogens (tertiary/aromatic N) is 11. The molecular formula is C46H54ClFN12O2. The van der Waals surface area contributed by atoms with E-state index in [1.165, 1.54) is 12.1 Å². The Balaban J connectivity index is 1.18. The van der Waals surface area contributed by atoms with Crippen molar-refractivity contribution in [2.45, 2.75) is 53.1 Å². The molecule has 0 bridgehead atoms. The van der Waals surface area contributed by atoms with Gasteiger partial charge in [-0.25, -0.2) is 4.39 Å². The molecule has 2 N–H and O–H groups in total. The van der Waals surface area contributed by atoms with Gasteiger partial charge >= 0.3 is 0 Å². The van der Waals surface area contributed by atoms with Crippen molar-refractivity contribution in [3.05, 3.63) is 123 Å². The number of pyridine rings is 2. The van der Waals surface area contributed by atoms with Crippen molar-refractivity contribution in [2.75, 3.05) is 48.5 Å². The summed E-state index contributed by atoms with van der Waals surface area (Å²) in [4.78, 5) is 8.59. The highest BCUT2D eigenvalue weighted by Gasteiger charge is 2.19. The molecule has 0 amide bonds. The molecule has 0 aliphatic rings. The fourth-order valence-electron chi connectivity index (χ4n) is 7.64. The van der Waals surface area contributed by atoms with Gasteiger partial charge in [-0.05, 0) is 114 Å². The fourth-order valence-corrected chi connectivity index (χ4v) is 7.86. The van der Waals surface area contributed by atoms with Gasteiger partial charge in [0, 0.05) is 96.2 Å². The Morgan fingerprint density at radius 1 is 0.806 bits per heavy atom. The van der Waals surface area contributed by atoms with E-state index in [0.717, 1.165) is 79.0 Å². The second-order valence-electron chi connectivity index (χ2n) is 16.0. The van der Waals surface area contributed by atoms with E-state index in [1.807, 2.05) is 116 Å². The van der Waals surface area contributed by atoms with Gasteiger partial charge in [0.05, 0.1) is 32.0 Å². The fraction of sp³-hybridized carbons (Fsp3) is 0.348. The molecule has 0 fully saturated rings. The molecule has 0 saturated heterocycles. The van der Waals surface area contributed by atoms with Crippen molar-refractivity contribution in [2.24, 2.45) is 17.8 Å². The first-order valence-electron chi connectivity index (χ1n) is 20.5. The highest BCUT2D eigenvalue weighted by Crippen LogP contribution is 2.37. The molecule has 5 aromatic heterocycles. The second kappa shape index (κ2) is 18.8. The Morgan fingerprint density at radius 3 is 1.98 bits per heavy atom. The molecule has 0 unspecified atom stereocenters. The molecule has 2 aromatic carbocycles. The third-order valence-electron chi connectivity index (χ3n) is 11.0. The zero-order valence-corrected chi connectivity index (χ0v) is 37.6. The van der Waals surface area contributed by atoms with E-state index in [1.54, 1.807) is 13.1 Å². The number of benzene rings is 2. The van der Waals surface area contributed by atoms with E-state index < -0.39 is 5.82 Å². The highest BCUT2D eigenvalue weighted by atomic mass is 35.5. The normalized spacial score (nSPS) is 12.6. The first-order valence-corrected chi connectivity index (χ1v) is 20.8. The maximum absolute atomic E-state index is 14.8. The minimum Gasteiger partial charge on any atom is -0.493 e. The lowest BCUT2D eigenvalue weighted by atomic mass is 9.97. The highest BCUT2D eigenvalue weighted by molar-refractivity contribution is 6.31. The zero-order chi connectivity index (χ0) is 44.2. The number of halogens is 2. The largest absolute Gasteiger partial charge is 0.493 e. The molecule has 5 heterocycles. The Hall–Kier alpha value is -6.16. The topological polar surface area (TPSA) is 142 Å². The van der Waals surface area contributed by atoms with Crippen molar-refractivity contribution >= 4 is 28.6 Å². The molecule has 324 valence electrons. The molecule has 7 rings (SSSR count). The Morgan fingerprint density at radius 2 is 1.40 bits per heavy atom. The number of nitrogens with two attached hydrogens (primary N) is 1. The van der Waals surface area contributed by atoms with Crippen LogP contribution in [0.5, 0.6) is 11.5 Å². The summed E-state index contributed by atoms with van der Waals surface area (Å²) in [5.74, 6) is 2.26. The maximum Gasteiger partial charge on any atom is 0.160 e. The average molecular weight is 861 g/mol. The molecule has 0 spiro atoms. The molecule has 0 atom stereocenters. The van der Waals surface area contributed by atoms with Crippen molar-refractivity contribution in [3.8, 4) is 33.8 Å². The van der Waals surface area contributed by atoms with Gasteiger partial charge in [-0.1, -0.05) is 11.6 Å². The van der Waals surface area contributed by atoms with Crippen LogP contribution in [0.4, 0.5) is 4.39 Å². The summed E-state index contributed by atoms with van der Waals surface area (Å²) in [5.41, 5.74) is 18.0. The van der Waals surface area contributed by atoms with Gasteiger partial charge in [0.25, 0.3) is 0 Å². The summed E-state index contributed by atoms with van der Waals surface area (Å²) in [7, 11) is 11.6. The standard InChI is InChI=1S/C46H54ClFN12O2/c1-28(50-4)36(17-19-61-41-22-34(48)12-13-37(41)31-10-14-43-51-53-45(26-56(5)6)59(43)24-31)40(49)21-33-20-38(32-11-15-44-52-54-46(27-57(7)8)60(44)25-32)42(23-39(33)47)62-18-16-35-29(2)55-58(9)30(35)3/h10-15,20,22-25H,16-19,21,26-27,49H2,1-9H3/b40-36-,50-28?. The molecule has 16 heteroatoms. The van der Waals surface area contributed by atoms with Crippen molar-refractivity contribution in [3.63, 3.8) is 0 Å². The lowest BCUT2D eigenvalue weighted by molar-refractivity contribution is 0.322. The van der Waals surface area contributed by atoms with E-state index in [4.69, 9.17) is 26.8 Å². The minimum absolute atomic E-state index is 0.218. The van der Waals surface area contributed by atoms with Crippen LogP contribution in [-0.4, -0.2) is 103 Å². The molecule has 7 aromatic rings. The third-order valence-corrected chi connectivity index (χ3v) is 11.3. The van der Waals surface area contributed by atoms with Gasteiger partial charge in [0.2, 0.25) is 0 Å². The molecule has 0 radical (unpaired) electrons. The summed E-state index contributed by atoms with van der Waals surface area (Å²) in [5, 5.41) is 22.6. The summed E-state index contributed by atoms with van der Waals surface area (Å²) in [6, 6.07) is 16.3. The van der Waals surface area contributed by atoms with Crippen LogP contribution >= 0.6 is 11.6 Å². The van der Waals surface area contributed by atoms with Crippen LogP contribution in [0.3, 0.4) is 0 Å². The number of aromatic nitrogens is 8. The monoisotopic (exact) mass is 860 g/mol. The van der Waals surface area contributed by atoms with E-state index in [-0.39, 0.29) is 6.61 Å². The smallest absolute Gasteiger partial charge is 0.160 e. The summed E-state index contributed by atoms with van der Waals surface area (Å²) in [6.45, 7) is 7.88. The van der Waals surface area contributed by atoms with Crippen LogP contribution in [0, 0.1) is 19.7 Å². The summed E-state index contributed by atoms with van der Waals surface area (Å²) < 4.78 is 33.5. The van der Waals surface area contributed by atoms with Crippen LogP contribution in [0.2, 0.25) is 5.02 Å². The number of fused-ring (bicyclic) bond motifs is 2. The van der Waals surface area contributed by atoms with Gasteiger partial charge in [-0.3, -0.25) is 18.5 Å². The number of aliphatic imine (C=N–C) groups is 1. The van der Waals surface area contributed by atoms with Crippen LogP contribution < -0.4 is 15.2 Å². The van der Waals surface area contributed by atoms with Gasteiger partial charge in [0.15, 0.2) is 22.9 Å². The zero-order valence-electron chi connectivity index (χ0n) is 36.9. The summed E-state index contributed by atoms with van der Waals surface area (Å²) >= 11 is 7.09. The molecule has 0 saturated carbocycles. The van der Waals surface area contributed by atoms with Gasteiger partial charge < -0.3 is 25.0 Å². The Labute approximate surface area is 366 Å². The Bertz CT molecular complexity index is 2800. The van der Waals surface area contributed by atoms with Crippen molar-refractivity contribution in [1.82, 2.24) is 48.8 Å². The van der Waals surface area contributed by atoms with Crippen LogP contribution in [0.15, 0.2) is 83.3 Å². The Kier molecular flexibility index (Phi) is 13.3. The number of allylic oxidation sites excluding steroid dienone is 1. The second-order valence-corrected chi connectivity index (χ2v) is 16.4. The number of ether oxygens (including phenoxy) is 2. The van der Waals surface area contributed by atoms with Gasteiger partial charge in [0.1, 0.15) is 17.3 Å². The number of aryl methyl sites for hydroxylation is 2. The number of rotatable bonds is 17. The third kappa shape index (κ3) is 9.65. The van der Waals surface area contributed by atoms with Crippen LogP contribution in [0.1, 0.15) is 47.5 Å². The first-order chi connectivity index (χ1) is 29.7.